The van der Waals surface area contributed by atoms with Crippen molar-refractivity contribution >= 4 is 11.9 Å². The zero-order valence-corrected chi connectivity index (χ0v) is 10.5. The van der Waals surface area contributed by atoms with E-state index in [-0.39, 0.29) is 11.1 Å². The van der Waals surface area contributed by atoms with E-state index in [1.807, 2.05) is 0 Å². The van der Waals surface area contributed by atoms with E-state index < -0.39 is 11.9 Å². The molecule has 4 heteroatoms. The average molecular weight is 268 g/mol. The van der Waals surface area contributed by atoms with Crippen molar-refractivity contribution in [2.75, 3.05) is 0 Å². The third-order valence-corrected chi connectivity index (χ3v) is 2.61. The minimum absolute atomic E-state index is 0.190. The van der Waals surface area contributed by atoms with Crippen LogP contribution in [0.4, 0.5) is 0 Å². The van der Waals surface area contributed by atoms with Gasteiger partial charge in [-0.05, 0) is 23.3 Å². The Morgan fingerprint density at radius 2 is 1.00 bits per heavy atom. The van der Waals surface area contributed by atoms with E-state index in [1.54, 1.807) is 0 Å². The fourth-order valence-corrected chi connectivity index (χ4v) is 1.52. The Kier molecular flexibility index (Phi) is 5.07. The van der Waals surface area contributed by atoms with E-state index in [0.717, 1.165) is 0 Å². The van der Waals surface area contributed by atoms with Crippen molar-refractivity contribution in [3.8, 4) is 24.0 Å². The second-order valence-electron chi connectivity index (χ2n) is 3.73. The molecule has 0 heterocycles. The van der Waals surface area contributed by atoms with Crippen LogP contribution >= 0.6 is 0 Å². The van der Waals surface area contributed by atoms with E-state index in [2.05, 4.69) is 37.1 Å². The molecule has 2 N–H and O–H groups in total. The van der Waals surface area contributed by atoms with Gasteiger partial charge in [-0.3, -0.25) is 0 Å². The topological polar surface area (TPSA) is 74.6 Å². The van der Waals surface area contributed by atoms with Crippen LogP contribution < -0.4 is 0 Å². The number of hydrogen-bond donors (Lipinski definition) is 2. The van der Waals surface area contributed by atoms with Gasteiger partial charge in [0.25, 0.3) is 0 Å². The highest BCUT2D eigenvalue weighted by Crippen LogP contribution is 2.29. The second-order valence-corrected chi connectivity index (χ2v) is 3.73. The number of rotatable bonds is 2. The molecular weight excluding hydrogens is 256 g/mol. The molecule has 0 atom stereocenters. The van der Waals surface area contributed by atoms with Crippen LogP contribution in [0.2, 0.25) is 0 Å². The summed E-state index contributed by atoms with van der Waals surface area (Å²) in [5.41, 5.74) is 2.47. The second kappa shape index (κ2) is 6.76. The Morgan fingerprint density at radius 1 is 0.700 bits per heavy atom. The lowest BCUT2D eigenvalue weighted by Gasteiger charge is -2.10. The highest BCUT2D eigenvalue weighted by molar-refractivity contribution is 6.01. The summed E-state index contributed by atoms with van der Waals surface area (Å²) >= 11 is 0. The number of hydrogen-bond acceptors (Lipinski definition) is 2. The third kappa shape index (κ3) is 3.24. The molecule has 0 saturated heterocycles. The van der Waals surface area contributed by atoms with Gasteiger partial charge in [-0.2, -0.15) is 0 Å². The number of terminal acetylenes is 1. The molecule has 1 aromatic carbocycles. The van der Waals surface area contributed by atoms with Crippen LogP contribution in [0.15, 0.2) is 48.5 Å². The minimum Gasteiger partial charge on any atom is -0.478 e. The standard InChI is InChI=1S/C8H6O4.C6H4.C2H2/c9-7(10)5-3-1-2-4-6(5)8(11)12;1-2-6-4-3-5(1)6;1-2/h1-4H,(H,9,10)(H,11,12);1-4H;1-2H. The first-order valence-electron chi connectivity index (χ1n) is 5.59. The summed E-state index contributed by atoms with van der Waals surface area (Å²) in [7, 11) is 0. The normalized spacial score (nSPS) is 9.10. The molecule has 0 unspecified atom stereocenters. The van der Waals surface area contributed by atoms with Crippen LogP contribution in [0.5, 0.6) is 0 Å². The molecule has 0 aliphatic heterocycles. The molecule has 0 fully saturated rings. The van der Waals surface area contributed by atoms with E-state index >= 15 is 0 Å². The Bertz CT molecular complexity index is 585. The van der Waals surface area contributed by atoms with Crippen molar-refractivity contribution in [3.63, 3.8) is 0 Å². The van der Waals surface area contributed by atoms with Gasteiger partial charge in [-0.1, -0.05) is 36.4 Å². The zero-order chi connectivity index (χ0) is 15.1. The summed E-state index contributed by atoms with van der Waals surface area (Å²) in [6, 6.07) is 14.0. The zero-order valence-electron chi connectivity index (χ0n) is 10.5. The van der Waals surface area contributed by atoms with Crippen LogP contribution in [0, 0.1) is 12.8 Å². The molecule has 2 aliphatic rings. The monoisotopic (exact) mass is 268 g/mol. The fourth-order valence-electron chi connectivity index (χ4n) is 1.52. The first-order chi connectivity index (χ1) is 9.59. The van der Waals surface area contributed by atoms with Gasteiger partial charge in [0.15, 0.2) is 0 Å². The van der Waals surface area contributed by atoms with Crippen molar-refractivity contribution in [1.82, 2.24) is 0 Å². The van der Waals surface area contributed by atoms with E-state index in [4.69, 9.17) is 10.2 Å². The third-order valence-electron chi connectivity index (χ3n) is 2.61. The van der Waals surface area contributed by atoms with Crippen LogP contribution in [0.25, 0.3) is 11.1 Å². The van der Waals surface area contributed by atoms with Crippen molar-refractivity contribution in [2.24, 2.45) is 0 Å². The molecule has 0 radical (unpaired) electrons. The molecular formula is C16H12O4. The molecule has 0 saturated carbocycles. The molecule has 1 aromatic rings. The van der Waals surface area contributed by atoms with Crippen molar-refractivity contribution in [2.45, 2.75) is 0 Å². The summed E-state index contributed by atoms with van der Waals surface area (Å²) in [6.07, 6.45) is 8.00. The van der Waals surface area contributed by atoms with Gasteiger partial charge in [0.2, 0.25) is 0 Å². The summed E-state index contributed by atoms with van der Waals surface area (Å²) in [5, 5.41) is 17.1. The summed E-state index contributed by atoms with van der Waals surface area (Å²) in [5.74, 6) is -2.46. The smallest absolute Gasteiger partial charge is 0.336 e. The Labute approximate surface area is 116 Å². The SMILES string of the molecule is C#C.O=C(O)c1ccccc1C(=O)O.c1cc2ccc1-2. The molecule has 0 bridgehead atoms. The van der Waals surface area contributed by atoms with E-state index in [9.17, 15) is 9.59 Å². The lowest BCUT2D eigenvalue weighted by molar-refractivity contribution is 0.0651. The number of carbonyl (C=O) groups is 2. The highest BCUT2D eigenvalue weighted by atomic mass is 16.4. The maximum absolute atomic E-state index is 10.5. The van der Waals surface area contributed by atoms with Gasteiger partial charge in [0.1, 0.15) is 0 Å². The van der Waals surface area contributed by atoms with Crippen LogP contribution in [0.3, 0.4) is 0 Å². The minimum atomic E-state index is -1.23. The molecule has 0 aromatic heterocycles. The Hall–Kier alpha value is -3.06. The predicted octanol–water partition coefficient (Wildman–Crippen LogP) is 3.00. The van der Waals surface area contributed by atoms with Crippen molar-refractivity contribution < 1.29 is 19.8 Å². The molecule has 0 spiro atoms. The number of benzene rings is 2. The van der Waals surface area contributed by atoms with Crippen LogP contribution in [-0.4, -0.2) is 22.2 Å². The van der Waals surface area contributed by atoms with Crippen molar-refractivity contribution in [3.05, 3.63) is 59.7 Å². The number of aromatic carboxylic acids is 2. The van der Waals surface area contributed by atoms with Gasteiger partial charge in [0.05, 0.1) is 11.1 Å². The first-order valence-corrected chi connectivity index (χ1v) is 5.59. The number of fused-ring (bicyclic) bond motifs is 1. The van der Waals surface area contributed by atoms with Gasteiger partial charge >= 0.3 is 11.9 Å². The van der Waals surface area contributed by atoms with E-state index in [0.29, 0.717) is 0 Å². The number of carboxylic acid groups (broad SMARTS) is 2. The summed E-state index contributed by atoms with van der Waals surface area (Å²) in [4.78, 5) is 20.9. The molecule has 20 heavy (non-hydrogen) atoms. The van der Waals surface area contributed by atoms with Gasteiger partial charge < -0.3 is 10.2 Å². The number of carboxylic acids is 2. The summed E-state index contributed by atoms with van der Waals surface area (Å²) in [6.45, 7) is 0. The molecule has 2 aliphatic carbocycles. The molecule has 4 nitrogen and oxygen atoms in total. The largest absolute Gasteiger partial charge is 0.478 e. The Morgan fingerprint density at radius 3 is 1.15 bits per heavy atom. The van der Waals surface area contributed by atoms with Gasteiger partial charge in [0, 0.05) is 0 Å². The quantitative estimate of drug-likeness (QED) is 0.701. The van der Waals surface area contributed by atoms with Gasteiger partial charge in [-0.15, -0.1) is 12.8 Å². The highest BCUT2D eigenvalue weighted by Gasteiger charge is 2.13. The first kappa shape index (κ1) is 15.0. The maximum atomic E-state index is 10.5. The molecule has 100 valence electrons. The molecule has 0 amide bonds. The maximum Gasteiger partial charge on any atom is 0.336 e. The van der Waals surface area contributed by atoms with Gasteiger partial charge in [-0.25, -0.2) is 9.59 Å². The van der Waals surface area contributed by atoms with Crippen molar-refractivity contribution in [1.29, 1.82) is 0 Å². The summed E-state index contributed by atoms with van der Waals surface area (Å²) < 4.78 is 0. The predicted molar refractivity (Wildman–Crippen MR) is 75.7 cm³/mol. The van der Waals surface area contributed by atoms with E-state index in [1.165, 1.54) is 35.4 Å². The lowest BCUT2D eigenvalue weighted by Crippen LogP contribution is -2.06. The van der Waals surface area contributed by atoms with Crippen LogP contribution in [-0.2, 0) is 0 Å². The molecule has 3 rings (SSSR count). The Balaban J connectivity index is 0.000000206. The van der Waals surface area contributed by atoms with Crippen LogP contribution in [0.1, 0.15) is 20.7 Å². The lowest BCUT2D eigenvalue weighted by atomic mass is 9.95. The fraction of sp³-hybridized carbons (Fsp3) is 0. The average Bonchev–Trinajstić information content (AvgIpc) is 2.45.